The van der Waals surface area contributed by atoms with Gasteiger partial charge < -0.3 is 9.84 Å². The van der Waals surface area contributed by atoms with Crippen molar-refractivity contribution < 1.29 is 31.4 Å². The molecule has 0 saturated heterocycles. The molecule has 9 heteroatoms. The molecule has 134 valence electrons. The highest BCUT2D eigenvalue weighted by Crippen LogP contribution is 2.52. The summed E-state index contributed by atoms with van der Waals surface area (Å²) in [5, 5.41) is 10.5. The van der Waals surface area contributed by atoms with Crippen LogP contribution in [0.3, 0.4) is 0 Å². The van der Waals surface area contributed by atoms with Crippen molar-refractivity contribution in [1.29, 1.82) is 0 Å². The number of nitrogens with zero attached hydrogens (tertiary/aromatic N) is 1. The van der Waals surface area contributed by atoms with E-state index < -0.39 is 38.9 Å². The van der Waals surface area contributed by atoms with Gasteiger partial charge in [-0.25, -0.2) is 8.42 Å². The molecule has 1 heterocycles. The summed E-state index contributed by atoms with van der Waals surface area (Å²) in [5.74, 6) is 0.0122. The van der Waals surface area contributed by atoms with Crippen LogP contribution in [0, 0.1) is 0 Å². The normalized spacial score (nSPS) is 22.6. The standard InChI is InChI=1S/C16H14F3NO4S/c1-24-12-7-8-14-13(9-12)15(21,16(17,18)19)20(25(14,22)23)10-11-5-3-2-4-6-11/h2-9,21H,10H2,1H3. The summed E-state index contributed by atoms with van der Waals surface area (Å²) in [6.45, 7) is -0.629. The van der Waals surface area contributed by atoms with Crippen molar-refractivity contribution in [3.63, 3.8) is 0 Å². The van der Waals surface area contributed by atoms with Crippen LogP contribution in [0.1, 0.15) is 11.1 Å². The number of fused-ring (bicyclic) bond motifs is 1. The van der Waals surface area contributed by atoms with Crippen molar-refractivity contribution in [3.05, 3.63) is 59.7 Å². The van der Waals surface area contributed by atoms with Crippen LogP contribution in [0.25, 0.3) is 0 Å². The Morgan fingerprint density at radius 1 is 1.16 bits per heavy atom. The lowest BCUT2D eigenvalue weighted by atomic mass is 10.0. The summed E-state index contributed by atoms with van der Waals surface area (Å²) in [7, 11) is -3.32. The third-order valence-corrected chi connectivity index (χ3v) is 5.94. The average molecular weight is 373 g/mol. The number of sulfonamides is 1. The molecular weight excluding hydrogens is 359 g/mol. The first kappa shape index (κ1) is 17.7. The van der Waals surface area contributed by atoms with Crippen molar-refractivity contribution in [3.8, 4) is 5.75 Å². The molecule has 0 bridgehead atoms. The van der Waals surface area contributed by atoms with Gasteiger partial charge in [-0.15, -0.1) is 0 Å². The molecule has 0 spiro atoms. The molecule has 0 saturated carbocycles. The highest BCUT2D eigenvalue weighted by molar-refractivity contribution is 7.89. The molecule has 0 fully saturated rings. The van der Waals surface area contributed by atoms with Crippen LogP contribution in [-0.2, 0) is 22.3 Å². The molecule has 1 unspecified atom stereocenters. The van der Waals surface area contributed by atoms with Gasteiger partial charge in [-0.1, -0.05) is 30.3 Å². The zero-order chi connectivity index (χ0) is 18.5. The van der Waals surface area contributed by atoms with Gasteiger partial charge in [0.15, 0.2) is 0 Å². The lowest BCUT2D eigenvalue weighted by molar-refractivity contribution is -0.306. The maximum absolute atomic E-state index is 13.8. The zero-order valence-electron chi connectivity index (χ0n) is 13.0. The van der Waals surface area contributed by atoms with E-state index in [1.807, 2.05) is 0 Å². The van der Waals surface area contributed by atoms with Crippen LogP contribution in [0.5, 0.6) is 5.75 Å². The number of hydrogen-bond donors (Lipinski definition) is 1. The first-order chi connectivity index (χ1) is 11.6. The number of benzene rings is 2. The zero-order valence-corrected chi connectivity index (χ0v) is 13.8. The van der Waals surface area contributed by atoms with E-state index in [-0.39, 0.29) is 10.1 Å². The van der Waals surface area contributed by atoms with E-state index in [9.17, 15) is 26.7 Å². The highest BCUT2D eigenvalue weighted by atomic mass is 32.2. The van der Waals surface area contributed by atoms with Crippen LogP contribution in [0.2, 0.25) is 0 Å². The minimum atomic E-state index is -5.24. The van der Waals surface area contributed by atoms with E-state index in [4.69, 9.17) is 4.74 Å². The summed E-state index contributed by atoms with van der Waals surface area (Å²) in [4.78, 5) is -0.593. The second-order valence-corrected chi connectivity index (χ2v) is 7.36. The fourth-order valence-corrected chi connectivity index (χ4v) is 4.63. The molecule has 0 aromatic heterocycles. The Morgan fingerprint density at radius 3 is 2.36 bits per heavy atom. The molecule has 1 aliphatic rings. The number of rotatable bonds is 3. The van der Waals surface area contributed by atoms with Gasteiger partial charge in [-0.05, 0) is 23.8 Å². The van der Waals surface area contributed by atoms with E-state index in [0.29, 0.717) is 5.56 Å². The van der Waals surface area contributed by atoms with Crippen LogP contribution in [0.4, 0.5) is 13.2 Å². The van der Waals surface area contributed by atoms with Crippen molar-refractivity contribution in [2.45, 2.75) is 23.3 Å². The Morgan fingerprint density at radius 2 is 1.80 bits per heavy atom. The molecule has 1 atom stereocenters. The maximum Gasteiger partial charge on any atom is 0.436 e. The fourth-order valence-electron chi connectivity index (χ4n) is 2.80. The third-order valence-electron chi connectivity index (χ3n) is 4.06. The van der Waals surface area contributed by atoms with Gasteiger partial charge >= 0.3 is 6.18 Å². The van der Waals surface area contributed by atoms with E-state index in [1.165, 1.54) is 25.3 Å². The third kappa shape index (κ3) is 2.59. The lowest BCUT2D eigenvalue weighted by Crippen LogP contribution is -2.53. The Bertz CT molecular complexity index is 899. The minimum absolute atomic E-state index is 0.0122. The van der Waals surface area contributed by atoms with Crippen molar-refractivity contribution in [1.82, 2.24) is 4.31 Å². The number of alkyl halides is 3. The quantitative estimate of drug-likeness (QED) is 0.898. The van der Waals surface area contributed by atoms with Gasteiger partial charge in [-0.2, -0.15) is 17.5 Å². The molecule has 1 N–H and O–H groups in total. The van der Waals surface area contributed by atoms with Crippen molar-refractivity contribution in [2.75, 3.05) is 7.11 Å². The Kier molecular flexibility index (Phi) is 4.05. The smallest absolute Gasteiger partial charge is 0.436 e. The predicted molar refractivity (Wildman–Crippen MR) is 82.1 cm³/mol. The lowest BCUT2D eigenvalue weighted by Gasteiger charge is -2.34. The van der Waals surface area contributed by atoms with Gasteiger partial charge in [0.1, 0.15) is 5.75 Å². The summed E-state index contributed by atoms with van der Waals surface area (Å²) >= 11 is 0. The van der Waals surface area contributed by atoms with Crippen molar-refractivity contribution >= 4 is 10.0 Å². The van der Waals surface area contributed by atoms with Crippen LogP contribution in [-0.4, -0.2) is 31.1 Å². The second-order valence-electron chi connectivity index (χ2n) is 5.53. The Labute approximate surface area is 142 Å². The summed E-state index contributed by atoms with van der Waals surface area (Å²) in [6, 6.07) is 10.9. The van der Waals surface area contributed by atoms with Gasteiger partial charge in [0.25, 0.3) is 5.72 Å². The van der Waals surface area contributed by atoms with Gasteiger partial charge in [0.2, 0.25) is 10.0 Å². The highest BCUT2D eigenvalue weighted by Gasteiger charge is 2.68. The van der Waals surface area contributed by atoms with Crippen LogP contribution < -0.4 is 4.74 Å². The first-order valence-electron chi connectivity index (χ1n) is 7.17. The minimum Gasteiger partial charge on any atom is -0.497 e. The molecule has 0 aliphatic carbocycles. The van der Waals surface area contributed by atoms with Gasteiger partial charge in [0, 0.05) is 12.1 Å². The van der Waals surface area contributed by atoms with E-state index >= 15 is 0 Å². The molecule has 0 amide bonds. The maximum atomic E-state index is 13.8. The summed E-state index contributed by atoms with van der Waals surface area (Å²) in [5.41, 5.74) is -4.13. The molecule has 3 rings (SSSR count). The number of halogens is 3. The van der Waals surface area contributed by atoms with Crippen molar-refractivity contribution in [2.24, 2.45) is 0 Å². The Hall–Kier alpha value is -2.10. The largest absolute Gasteiger partial charge is 0.497 e. The monoisotopic (exact) mass is 373 g/mol. The van der Waals surface area contributed by atoms with E-state index in [2.05, 4.69) is 0 Å². The molecule has 25 heavy (non-hydrogen) atoms. The summed E-state index contributed by atoms with van der Waals surface area (Å²) < 4.78 is 71.6. The summed E-state index contributed by atoms with van der Waals surface area (Å²) in [6.07, 6.45) is -5.24. The topological polar surface area (TPSA) is 66.8 Å². The first-order valence-corrected chi connectivity index (χ1v) is 8.61. The molecule has 2 aromatic carbocycles. The van der Waals surface area contributed by atoms with Gasteiger partial charge in [-0.3, -0.25) is 0 Å². The number of hydrogen-bond acceptors (Lipinski definition) is 4. The molecular formula is C16H14F3NO4S. The molecule has 5 nitrogen and oxygen atoms in total. The van der Waals surface area contributed by atoms with Crippen LogP contribution >= 0.6 is 0 Å². The van der Waals surface area contributed by atoms with E-state index in [1.54, 1.807) is 18.2 Å². The second kappa shape index (κ2) is 5.72. The number of ether oxygens (including phenoxy) is 1. The Balaban J connectivity index is 2.23. The average Bonchev–Trinajstić information content (AvgIpc) is 2.74. The molecule has 1 aliphatic heterocycles. The predicted octanol–water partition coefficient (Wildman–Crippen LogP) is 2.61. The fraction of sp³-hybridized carbons (Fsp3) is 0.250. The molecule has 0 radical (unpaired) electrons. The van der Waals surface area contributed by atoms with Gasteiger partial charge in [0.05, 0.1) is 12.0 Å². The SMILES string of the molecule is COc1ccc2c(c1)C(O)(C(F)(F)F)N(Cc1ccccc1)S2(=O)=O. The van der Waals surface area contributed by atoms with E-state index in [0.717, 1.165) is 12.1 Å². The molecule has 2 aromatic rings. The number of aliphatic hydroxyl groups is 1. The number of methoxy groups -OCH3 is 1. The van der Waals surface area contributed by atoms with Crippen LogP contribution in [0.15, 0.2) is 53.4 Å².